The van der Waals surface area contributed by atoms with E-state index in [1.807, 2.05) is 13.8 Å². The van der Waals surface area contributed by atoms with Crippen molar-refractivity contribution in [3.05, 3.63) is 28.8 Å². The van der Waals surface area contributed by atoms with Crippen LogP contribution in [0.25, 0.3) is 0 Å². The van der Waals surface area contributed by atoms with Gasteiger partial charge in [-0.2, -0.15) is 0 Å². The minimum atomic E-state index is -0.229. The standard InChI is InChI=1S/C16H22ClN3O2/c1-10(2)19-16(22)13-6-5-12(17)7-14(13)20-15(21)9-18-8-11-3-4-11/h5-7,10-11,18H,3-4,8-9H2,1-2H3,(H,19,22)(H,20,21). The van der Waals surface area contributed by atoms with E-state index in [1.165, 1.54) is 12.8 Å². The number of carbonyl (C=O) groups is 2. The Labute approximate surface area is 135 Å². The Kier molecular flexibility index (Phi) is 5.80. The first-order valence-corrected chi connectivity index (χ1v) is 7.94. The van der Waals surface area contributed by atoms with Gasteiger partial charge in [0.2, 0.25) is 5.91 Å². The summed E-state index contributed by atoms with van der Waals surface area (Å²) < 4.78 is 0. The molecule has 1 aliphatic carbocycles. The molecule has 2 rings (SSSR count). The molecule has 0 unspecified atom stereocenters. The summed E-state index contributed by atoms with van der Waals surface area (Å²) in [5.74, 6) is 0.306. The molecule has 0 atom stereocenters. The van der Waals surface area contributed by atoms with E-state index in [0.29, 0.717) is 22.2 Å². The maximum atomic E-state index is 12.2. The van der Waals surface area contributed by atoms with Crippen molar-refractivity contribution in [3.8, 4) is 0 Å². The number of benzene rings is 1. The third-order valence-electron chi connectivity index (χ3n) is 3.34. The number of carbonyl (C=O) groups excluding carboxylic acids is 2. The lowest BCUT2D eigenvalue weighted by Crippen LogP contribution is -2.32. The summed E-state index contributed by atoms with van der Waals surface area (Å²) in [6, 6.07) is 4.87. The Morgan fingerprint density at radius 3 is 2.68 bits per heavy atom. The third kappa shape index (κ3) is 5.31. The largest absolute Gasteiger partial charge is 0.350 e. The predicted molar refractivity (Wildman–Crippen MR) is 88.3 cm³/mol. The van der Waals surface area contributed by atoms with Gasteiger partial charge in [0.1, 0.15) is 0 Å². The van der Waals surface area contributed by atoms with Crippen molar-refractivity contribution >= 4 is 29.1 Å². The molecule has 1 fully saturated rings. The smallest absolute Gasteiger partial charge is 0.253 e. The van der Waals surface area contributed by atoms with Gasteiger partial charge in [0, 0.05) is 11.1 Å². The molecule has 0 heterocycles. The van der Waals surface area contributed by atoms with Crippen LogP contribution in [0.15, 0.2) is 18.2 Å². The molecule has 1 aliphatic rings. The first-order chi connectivity index (χ1) is 10.5. The van der Waals surface area contributed by atoms with Crippen LogP contribution in [0.1, 0.15) is 37.0 Å². The monoisotopic (exact) mass is 323 g/mol. The second kappa shape index (κ2) is 7.61. The Balaban J connectivity index is 1.99. The lowest BCUT2D eigenvalue weighted by Gasteiger charge is -2.14. The molecular formula is C16H22ClN3O2. The van der Waals surface area contributed by atoms with Gasteiger partial charge in [-0.3, -0.25) is 9.59 Å². The van der Waals surface area contributed by atoms with Gasteiger partial charge in [0.25, 0.3) is 5.91 Å². The fourth-order valence-electron chi connectivity index (χ4n) is 2.06. The summed E-state index contributed by atoms with van der Waals surface area (Å²) in [5.41, 5.74) is 0.845. The molecule has 2 amide bonds. The molecule has 0 bridgehead atoms. The second-order valence-corrected chi connectivity index (χ2v) is 6.38. The fourth-order valence-corrected chi connectivity index (χ4v) is 2.24. The Morgan fingerprint density at radius 1 is 1.32 bits per heavy atom. The molecule has 3 N–H and O–H groups in total. The third-order valence-corrected chi connectivity index (χ3v) is 3.57. The van der Waals surface area contributed by atoms with Gasteiger partial charge in [0.15, 0.2) is 0 Å². The van der Waals surface area contributed by atoms with E-state index in [1.54, 1.807) is 18.2 Å². The van der Waals surface area contributed by atoms with E-state index in [-0.39, 0.29) is 24.4 Å². The van der Waals surface area contributed by atoms with Crippen LogP contribution in [0.3, 0.4) is 0 Å². The molecule has 6 heteroatoms. The molecule has 22 heavy (non-hydrogen) atoms. The van der Waals surface area contributed by atoms with Gasteiger partial charge in [-0.05, 0) is 57.4 Å². The molecule has 0 radical (unpaired) electrons. The van der Waals surface area contributed by atoms with Crippen LogP contribution >= 0.6 is 11.6 Å². The van der Waals surface area contributed by atoms with Crippen LogP contribution in [0.2, 0.25) is 5.02 Å². The highest BCUT2D eigenvalue weighted by molar-refractivity contribution is 6.31. The van der Waals surface area contributed by atoms with Crippen LogP contribution in [0, 0.1) is 5.92 Å². The van der Waals surface area contributed by atoms with E-state index in [0.717, 1.165) is 6.54 Å². The highest BCUT2D eigenvalue weighted by Crippen LogP contribution is 2.27. The van der Waals surface area contributed by atoms with Gasteiger partial charge < -0.3 is 16.0 Å². The fraction of sp³-hybridized carbons (Fsp3) is 0.500. The molecule has 120 valence electrons. The number of amides is 2. The molecule has 0 spiro atoms. The number of hydrogen-bond acceptors (Lipinski definition) is 3. The highest BCUT2D eigenvalue weighted by atomic mass is 35.5. The Morgan fingerprint density at radius 2 is 2.05 bits per heavy atom. The van der Waals surface area contributed by atoms with Gasteiger partial charge >= 0.3 is 0 Å². The van der Waals surface area contributed by atoms with Crippen molar-refractivity contribution in [2.45, 2.75) is 32.7 Å². The summed E-state index contributed by atoms with van der Waals surface area (Å²) in [4.78, 5) is 24.1. The van der Waals surface area contributed by atoms with E-state index < -0.39 is 0 Å². The van der Waals surface area contributed by atoms with E-state index >= 15 is 0 Å². The first-order valence-electron chi connectivity index (χ1n) is 7.56. The molecule has 0 aliphatic heterocycles. The molecule has 5 nitrogen and oxygen atoms in total. The molecule has 1 aromatic rings. The average molecular weight is 324 g/mol. The average Bonchev–Trinajstić information content (AvgIpc) is 3.22. The van der Waals surface area contributed by atoms with Crippen LogP contribution in [0.5, 0.6) is 0 Å². The van der Waals surface area contributed by atoms with Crippen LogP contribution < -0.4 is 16.0 Å². The van der Waals surface area contributed by atoms with Crippen LogP contribution in [0.4, 0.5) is 5.69 Å². The summed E-state index contributed by atoms with van der Waals surface area (Å²) in [5, 5.41) is 9.15. The van der Waals surface area contributed by atoms with Crippen molar-refractivity contribution < 1.29 is 9.59 Å². The zero-order valence-corrected chi connectivity index (χ0v) is 13.7. The molecule has 1 saturated carbocycles. The predicted octanol–water partition coefficient (Wildman–Crippen LogP) is 2.42. The van der Waals surface area contributed by atoms with Crippen molar-refractivity contribution in [1.29, 1.82) is 0 Å². The minimum Gasteiger partial charge on any atom is -0.350 e. The van der Waals surface area contributed by atoms with E-state index in [4.69, 9.17) is 11.6 Å². The maximum absolute atomic E-state index is 12.2. The second-order valence-electron chi connectivity index (χ2n) is 5.94. The summed E-state index contributed by atoms with van der Waals surface area (Å²) >= 11 is 5.97. The topological polar surface area (TPSA) is 70.2 Å². The van der Waals surface area contributed by atoms with Gasteiger partial charge in [0.05, 0.1) is 17.8 Å². The van der Waals surface area contributed by atoms with Crippen molar-refractivity contribution in [2.24, 2.45) is 5.92 Å². The number of halogens is 1. The first kappa shape index (κ1) is 16.8. The highest BCUT2D eigenvalue weighted by Gasteiger charge is 2.21. The number of hydrogen-bond donors (Lipinski definition) is 3. The normalized spacial score (nSPS) is 14.0. The van der Waals surface area contributed by atoms with E-state index in [2.05, 4.69) is 16.0 Å². The van der Waals surface area contributed by atoms with Crippen molar-refractivity contribution in [3.63, 3.8) is 0 Å². The van der Waals surface area contributed by atoms with Gasteiger partial charge in [-0.15, -0.1) is 0 Å². The zero-order chi connectivity index (χ0) is 16.1. The zero-order valence-electron chi connectivity index (χ0n) is 12.9. The molecular weight excluding hydrogens is 302 g/mol. The molecule has 0 saturated heterocycles. The lowest BCUT2D eigenvalue weighted by molar-refractivity contribution is -0.115. The van der Waals surface area contributed by atoms with Crippen LogP contribution in [-0.4, -0.2) is 30.9 Å². The molecule has 1 aromatic carbocycles. The summed E-state index contributed by atoms with van der Waals surface area (Å²) in [6.07, 6.45) is 2.48. The van der Waals surface area contributed by atoms with Crippen molar-refractivity contribution in [2.75, 3.05) is 18.4 Å². The minimum absolute atomic E-state index is 0.0203. The summed E-state index contributed by atoms with van der Waals surface area (Å²) in [7, 11) is 0. The maximum Gasteiger partial charge on any atom is 0.253 e. The number of rotatable bonds is 7. The van der Waals surface area contributed by atoms with Crippen LogP contribution in [-0.2, 0) is 4.79 Å². The number of nitrogens with one attached hydrogen (secondary N) is 3. The Hall–Kier alpha value is -1.59. The summed E-state index contributed by atoms with van der Waals surface area (Å²) in [6.45, 7) is 4.86. The SMILES string of the molecule is CC(C)NC(=O)c1ccc(Cl)cc1NC(=O)CNCC1CC1. The quantitative estimate of drug-likeness (QED) is 0.721. The Bertz CT molecular complexity index is 556. The molecule has 0 aromatic heterocycles. The lowest BCUT2D eigenvalue weighted by atomic mass is 10.1. The van der Waals surface area contributed by atoms with Crippen molar-refractivity contribution in [1.82, 2.24) is 10.6 Å². The van der Waals surface area contributed by atoms with Gasteiger partial charge in [-0.1, -0.05) is 11.6 Å². The number of anilines is 1. The van der Waals surface area contributed by atoms with E-state index in [9.17, 15) is 9.59 Å². The van der Waals surface area contributed by atoms with Gasteiger partial charge in [-0.25, -0.2) is 0 Å².